The molecular weight excluding hydrogens is 238 g/mol. The Morgan fingerprint density at radius 2 is 1.79 bits per heavy atom. The van der Waals surface area contributed by atoms with Gasteiger partial charge in [0.2, 0.25) is 0 Å². The Balaban J connectivity index is 1.52. The van der Waals surface area contributed by atoms with Crippen LogP contribution in [-0.4, -0.2) is 37.5 Å². The van der Waals surface area contributed by atoms with Crippen LogP contribution >= 0.6 is 0 Å². The minimum atomic E-state index is 0.102. The van der Waals surface area contributed by atoms with Crippen molar-refractivity contribution in [2.45, 2.75) is 82.0 Å². The van der Waals surface area contributed by atoms with Crippen LogP contribution in [0.5, 0.6) is 0 Å². The molecule has 0 aromatic rings. The summed E-state index contributed by atoms with van der Waals surface area (Å²) in [6, 6.07) is 0.784. The second-order valence-electron chi connectivity index (χ2n) is 6.70. The molecule has 0 amide bonds. The van der Waals surface area contributed by atoms with Gasteiger partial charge in [-0.05, 0) is 38.5 Å². The van der Waals surface area contributed by atoms with Gasteiger partial charge < -0.3 is 14.8 Å². The number of hydrogen-bond acceptors (Lipinski definition) is 3. The lowest BCUT2D eigenvalue weighted by Crippen LogP contribution is -2.45. The van der Waals surface area contributed by atoms with Gasteiger partial charge in [0.25, 0.3) is 0 Å². The van der Waals surface area contributed by atoms with Crippen LogP contribution in [0.25, 0.3) is 0 Å². The third-order valence-corrected chi connectivity index (χ3v) is 4.90. The summed E-state index contributed by atoms with van der Waals surface area (Å²) in [6.45, 7) is 2.80. The fourth-order valence-corrected chi connectivity index (χ4v) is 3.41. The lowest BCUT2D eigenvalue weighted by atomic mass is 9.93. The van der Waals surface area contributed by atoms with E-state index in [1.165, 1.54) is 64.2 Å². The lowest BCUT2D eigenvalue weighted by molar-refractivity contribution is -0.0907. The third-order valence-electron chi connectivity index (χ3n) is 4.90. The van der Waals surface area contributed by atoms with E-state index in [-0.39, 0.29) is 5.60 Å². The molecule has 1 saturated heterocycles. The van der Waals surface area contributed by atoms with Gasteiger partial charge in [0.1, 0.15) is 0 Å². The molecule has 1 heterocycles. The monoisotopic (exact) mass is 267 g/mol. The molecule has 0 bridgehead atoms. The average molecular weight is 267 g/mol. The molecule has 2 saturated carbocycles. The van der Waals surface area contributed by atoms with E-state index >= 15 is 0 Å². The molecule has 110 valence electrons. The van der Waals surface area contributed by atoms with Crippen LogP contribution in [-0.2, 0) is 9.47 Å². The first-order chi connectivity index (χ1) is 9.36. The largest absolute Gasteiger partial charge is 0.376 e. The van der Waals surface area contributed by atoms with Crippen LogP contribution in [0.1, 0.15) is 64.2 Å². The van der Waals surface area contributed by atoms with Crippen LogP contribution < -0.4 is 5.32 Å². The van der Waals surface area contributed by atoms with Gasteiger partial charge in [0, 0.05) is 19.2 Å². The normalized spacial score (nSPS) is 31.3. The number of nitrogens with one attached hydrogen (secondary N) is 1. The summed E-state index contributed by atoms with van der Waals surface area (Å²) in [5.41, 5.74) is 0.102. The summed E-state index contributed by atoms with van der Waals surface area (Å²) < 4.78 is 12.1. The standard InChI is InChI=1S/C16H29NO2/c1-2-4-10-16(9-3-1,13-17-14-7-8-14)19-12-15-6-5-11-18-15/h14-15,17H,1-13H2. The zero-order chi connectivity index (χ0) is 13.0. The quantitative estimate of drug-likeness (QED) is 0.750. The Hall–Kier alpha value is -0.120. The van der Waals surface area contributed by atoms with E-state index in [4.69, 9.17) is 9.47 Å². The summed E-state index contributed by atoms with van der Waals surface area (Å²) in [7, 11) is 0. The van der Waals surface area contributed by atoms with Crippen molar-refractivity contribution in [3.05, 3.63) is 0 Å². The molecule has 1 atom stereocenters. The number of ether oxygens (including phenoxy) is 2. The van der Waals surface area contributed by atoms with E-state index in [2.05, 4.69) is 5.32 Å². The van der Waals surface area contributed by atoms with Crippen molar-refractivity contribution >= 4 is 0 Å². The molecule has 2 aliphatic carbocycles. The number of rotatable bonds is 6. The minimum Gasteiger partial charge on any atom is -0.376 e. The van der Waals surface area contributed by atoms with E-state index in [1.54, 1.807) is 0 Å². The van der Waals surface area contributed by atoms with E-state index in [0.717, 1.165) is 25.8 Å². The van der Waals surface area contributed by atoms with Crippen molar-refractivity contribution < 1.29 is 9.47 Å². The molecule has 0 radical (unpaired) electrons. The molecule has 1 N–H and O–H groups in total. The first-order valence-corrected chi connectivity index (χ1v) is 8.35. The van der Waals surface area contributed by atoms with Crippen molar-refractivity contribution in [1.29, 1.82) is 0 Å². The van der Waals surface area contributed by atoms with Gasteiger partial charge in [0.15, 0.2) is 0 Å². The molecule has 3 aliphatic rings. The molecule has 3 fully saturated rings. The van der Waals surface area contributed by atoms with Gasteiger partial charge in [0.05, 0.1) is 18.3 Å². The topological polar surface area (TPSA) is 30.5 Å². The second kappa shape index (κ2) is 6.55. The summed E-state index contributed by atoms with van der Waals surface area (Å²) >= 11 is 0. The molecular formula is C16H29NO2. The van der Waals surface area contributed by atoms with Gasteiger partial charge in [-0.1, -0.05) is 25.7 Å². The zero-order valence-electron chi connectivity index (χ0n) is 12.2. The van der Waals surface area contributed by atoms with E-state index in [9.17, 15) is 0 Å². The molecule has 3 rings (SSSR count). The van der Waals surface area contributed by atoms with Crippen molar-refractivity contribution in [2.75, 3.05) is 19.8 Å². The first kappa shape index (κ1) is 13.8. The highest BCUT2D eigenvalue weighted by Gasteiger charge is 2.35. The molecule has 19 heavy (non-hydrogen) atoms. The maximum Gasteiger partial charge on any atom is 0.0809 e. The van der Waals surface area contributed by atoms with Crippen LogP contribution in [0.2, 0.25) is 0 Å². The van der Waals surface area contributed by atoms with Gasteiger partial charge >= 0.3 is 0 Å². The summed E-state index contributed by atoms with van der Waals surface area (Å²) in [5.74, 6) is 0. The van der Waals surface area contributed by atoms with Crippen LogP contribution in [0.15, 0.2) is 0 Å². The van der Waals surface area contributed by atoms with Crippen molar-refractivity contribution in [2.24, 2.45) is 0 Å². The summed E-state index contributed by atoms with van der Waals surface area (Å²) in [5, 5.41) is 3.70. The first-order valence-electron chi connectivity index (χ1n) is 8.35. The predicted octanol–water partition coefficient (Wildman–Crippen LogP) is 3.03. The molecule has 0 spiro atoms. The molecule has 0 aromatic carbocycles. The van der Waals surface area contributed by atoms with Gasteiger partial charge in [-0.2, -0.15) is 0 Å². The van der Waals surface area contributed by atoms with Gasteiger partial charge in [-0.25, -0.2) is 0 Å². The van der Waals surface area contributed by atoms with Crippen molar-refractivity contribution in [3.8, 4) is 0 Å². The Morgan fingerprint density at radius 1 is 1.00 bits per heavy atom. The second-order valence-corrected chi connectivity index (χ2v) is 6.70. The Kier molecular flexibility index (Phi) is 4.78. The van der Waals surface area contributed by atoms with Gasteiger partial charge in [-0.15, -0.1) is 0 Å². The maximum absolute atomic E-state index is 6.43. The summed E-state index contributed by atoms with van der Waals surface area (Å²) in [4.78, 5) is 0. The maximum atomic E-state index is 6.43. The molecule has 0 aromatic heterocycles. The lowest BCUT2D eigenvalue weighted by Gasteiger charge is -2.34. The zero-order valence-corrected chi connectivity index (χ0v) is 12.2. The van der Waals surface area contributed by atoms with E-state index in [0.29, 0.717) is 6.10 Å². The predicted molar refractivity (Wildman–Crippen MR) is 76.4 cm³/mol. The van der Waals surface area contributed by atoms with Crippen molar-refractivity contribution in [3.63, 3.8) is 0 Å². The van der Waals surface area contributed by atoms with Crippen LogP contribution in [0.3, 0.4) is 0 Å². The minimum absolute atomic E-state index is 0.102. The van der Waals surface area contributed by atoms with Gasteiger partial charge in [-0.3, -0.25) is 0 Å². The third kappa shape index (κ3) is 4.17. The molecule has 3 nitrogen and oxygen atoms in total. The summed E-state index contributed by atoms with van der Waals surface area (Å²) in [6.07, 6.45) is 13.4. The Bertz CT molecular complexity index is 264. The molecule has 3 heteroatoms. The van der Waals surface area contributed by atoms with Crippen LogP contribution in [0, 0.1) is 0 Å². The number of hydrogen-bond donors (Lipinski definition) is 1. The fraction of sp³-hybridized carbons (Fsp3) is 1.00. The van der Waals surface area contributed by atoms with Crippen LogP contribution in [0.4, 0.5) is 0 Å². The highest BCUT2D eigenvalue weighted by Crippen LogP contribution is 2.32. The van der Waals surface area contributed by atoms with E-state index < -0.39 is 0 Å². The average Bonchev–Trinajstić information content (AvgIpc) is 3.17. The molecule has 1 aliphatic heterocycles. The SMILES string of the molecule is C1CCCC(CNC2CC2)(OCC2CCCO2)CC1. The fourth-order valence-electron chi connectivity index (χ4n) is 3.41. The Labute approximate surface area is 117 Å². The highest BCUT2D eigenvalue weighted by molar-refractivity contribution is 4.90. The van der Waals surface area contributed by atoms with Crippen molar-refractivity contribution in [1.82, 2.24) is 5.32 Å². The highest BCUT2D eigenvalue weighted by atomic mass is 16.5. The Morgan fingerprint density at radius 3 is 2.42 bits per heavy atom. The molecule has 1 unspecified atom stereocenters. The smallest absolute Gasteiger partial charge is 0.0809 e. The van der Waals surface area contributed by atoms with E-state index in [1.807, 2.05) is 0 Å².